The van der Waals surface area contributed by atoms with Crippen LogP contribution in [0.5, 0.6) is 5.75 Å². The molecular formula is C22H25N5O. The molecule has 2 aromatic carbocycles. The number of aromatic nitrogens is 2. The van der Waals surface area contributed by atoms with Crippen molar-refractivity contribution in [2.45, 2.75) is 0 Å². The quantitative estimate of drug-likeness (QED) is 0.735. The second-order valence-corrected chi connectivity index (χ2v) is 6.95. The molecule has 1 fully saturated rings. The highest BCUT2D eigenvalue weighted by atomic mass is 16.5. The van der Waals surface area contributed by atoms with Crippen LogP contribution in [0.25, 0.3) is 11.3 Å². The smallest absolute Gasteiger partial charge is 0.229 e. The zero-order valence-corrected chi connectivity index (χ0v) is 16.3. The van der Waals surface area contributed by atoms with Crippen molar-refractivity contribution < 1.29 is 4.74 Å². The van der Waals surface area contributed by atoms with Crippen molar-refractivity contribution in [2.75, 3.05) is 50.6 Å². The number of nitrogens with zero attached hydrogens (tertiary/aromatic N) is 4. The minimum absolute atomic E-state index is 0.587. The molecule has 1 N–H and O–H groups in total. The highest BCUT2D eigenvalue weighted by Crippen LogP contribution is 2.26. The van der Waals surface area contributed by atoms with E-state index in [0.717, 1.165) is 54.7 Å². The number of methoxy groups -OCH3 is 1. The van der Waals surface area contributed by atoms with Crippen LogP contribution in [-0.4, -0.2) is 55.2 Å². The van der Waals surface area contributed by atoms with Crippen LogP contribution in [0, 0.1) is 0 Å². The van der Waals surface area contributed by atoms with Gasteiger partial charge in [0.05, 0.1) is 12.8 Å². The largest absolute Gasteiger partial charge is 0.497 e. The number of ether oxygens (including phenoxy) is 1. The minimum atomic E-state index is 0.587. The van der Waals surface area contributed by atoms with Crippen LogP contribution in [0.3, 0.4) is 0 Å². The number of anilines is 3. The zero-order valence-electron chi connectivity index (χ0n) is 16.3. The van der Waals surface area contributed by atoms with Gasteiger partial charge in [-0.15, -0.1) is 0 Å². The molecule has 4 rings (SSSR count). The maximum Gasteiger partial charge on any atom is 0.229 e. The monoisotopic (exact) mass is 375 g/mol. The molecular weight excluding hydrogens is 350 g/mol. The Morgan fingerprint density at radius 3 is 2.43 bits per heavy atom. The lowest BCUT2D eigenvalue weighted by atomic mass is 10.1. The number of hydrogen-bond donors (Lipinski definition) is 1. The standard InChI is InChI=1S/C22H25N5O/c1-26-11-13-27(14-12-26)21-16-20(17-7-4-3-5-8-17)24-22(25-21)23-18-9-6-10-19(15-18)28-2/h3-10,15-16H,11-14H2,1-2H3,(H,23,24,25). The molecule has 0 radical (unpaired) electrons. The maximum absolute atomic E-state index is 5.32. The Morgan fingerprint density at radius 1 is 0.893 bits per heavy atom. The Kier molecular flexibility index (Phi) is 5.39. The Bertz CT molecular complexity index is 923. The number of piperazine rings is 1. The summed E-state index contributed by atoms with van der Waals surface area (Å²) in [6.07, 6.45) is 0. The molecule has 0 bridgehead atoms. The van der Waals surface area contributed by atoms with E-state index in [1.807, 2.05) is 42.5 Å². The first kappa shape index (κ1) is 18.3. The van der Waals surface area contributed by atoms with Crippen LogP contribution >= 0.6 is 0 Å². The van der Waals surface area contributed by atoms with Crippen LogP contribution in [-0.2, 0) is 0 Å². The molecule has 0 unspecified atom stereocenters. The van der Waals surface area contributed by atoms with Gasteiger partial charge in [0.15, 0.2) is 0 Å². The maximum atomic E-state index is 5.32. The van der Waals surface area contributed by atoms with E-state index in [4.69, 9.17) is 14.7 Å². The van der Waals surface area contributed by atoms with Gasteiger partial charge < -0.3 is 19.9 Å². The summed E-state index contributed by atoms with van der Waals surface area (Å²) < 4.78 is 5.32. The van der Waals surface area contributed by atoms with Gasteiger partial charge in [-0.1, -0.05) is 36.4 Å². The molecule has 144 valence electrons. The first-order valence-electron chi connectivity index (χ1n) is 9.50. The van der Waals surface area contributed by atoms with Gasteiger partial charge in [0.25, 0.3) is 0 Å². The number of hydrogen-bond acceptors (Lipinski definition) is 6. The number of rotatable bonds is 5. The lowest BCUT2D eigenvalue weighted by molar-refractivity contribution is 0.312. The van der Waals surface area contributed by atoms with E-state index in [2.05, 4.69) is 40.4 Å². The first-order chi connectivity index (χ1) is 13.7. The van der Waals surface area contributed by atoms with Crippen molar-refractivity contribution in [2.24, 2.45) is 0 Å². The van der Waals surface area contributed by atoms with Gasteiger partial charge in [-0.2, -0.15) is 4.98 Å². The molecule has 28 heavy (non-hydrogen) atoms. The lowest BCUT2D eigenvalue weighted by Crippen LogP contribution is -2.44. The third-order valence-electron chi connectivity index (χ3n) is 4.94. The number of benzene rings is 2. The molecule has 1 aromatic heterocycles. The van der Waals surface area contributed by atoms with Crippen LogP contribution in [0.1, 0.15) is 0 Å². The van der Waals surface area contributed by atoms with Gasteiger partial charge in [-0.25, -0.2) is 4.98 Å². The SMILES string of the molecule is COc1cccc(Nc2nc(-c3ccccc3)cc(N3CCN(C)CC3)n2)c1. The summed E-state index contributed by atoms with van der Waals surface area (Å²) in [6.45, 7) is 3.98. The topological polar surface area (TPSA) is 53.5 Å². The molecule has 6 heteroatoms. The van der Waals surface area contributed by atoms with E-state index >= 15 is 0 Å². The summed E-state index contributed by atoms with van der Waals surface area (Å²) in [7, 11) is 3.82. The summed E-state index contributed by atoms with van der Waals surface area (Å²) in [5.41, 5.74) is 2.89. The predicted molar refractivity (Wildman–Crippen MR) is 113 cm³/mol. The van der Waals surface area contributed by atoms with Crippen LogP contribution in [0.4, 0.5) is 17.5 Å². The zero-order chi connectivity index (χ0) is 19.3. The van der Waals surface area contributed by atoms with E-state index < -0.39 is 0 Å². The normalized spacial score (nSPS) is 14.7. The number of nitrogens with one attached hydrogen (secondary N) is 1. The van der Waals surface area contributed by atoms with Crippen LogP contribution in [0.15, 0.2) is 60.7 Å². The second kappa shape index (κ2) is 8.27. The Balaban J connectivity index is 1.69. The van der Waals surface area contributed by atoms with Gasteiger partial charge >= 0.3 is 0 Å². The highest BCUT2D eigenvalue weighted by Gasteiger charge is 2.17. The van der Waals surface area contributed by atoms with E-state index in [-0.39, 0.29) is 0 Å². The lowest BCUT2D eigenvalue weighted by Gasteiger charge is -2.33. The van der Waals surface area contributed by atoms with Crippen molar-refractivity contribution in [3.8, 4) is 17.0 Å². The summed E-state index contributed by atoms with van der Waals surface area (Å²) in [6, 6.07) is 20.1. The molecule has 1 aliphatic heterocycles. The van der Waals surface area contributed by atoms with Crippen molar-refractivity contribution in [3.63, 3.8) is 0 Å². The summed E-state index contributed by atoms with van der Waals surface area (Å²) in [4.78, 5) is 14.2. The fraction of sp³-hybridized carbons (Fsp3) is 0.273. The molecule has 0 atom stereocenters. The molecule has 0 saturated carbocycles. The molecule has 1 saturated heterocycles. The number of likely N-dealkylation sites (N-methyl/N-ethyl adjacent to an activating group) is 1. The van der Waals surface area contributed by atoms with Crippen molar-refractivity contribution in [1.82, 2.24) is 14.9 Å². The summed E-state index contributed by atoms with van der Waals surface area (Å²) in [5.74, 6) is 2.33. The van der Waals surface area contributed by atoms with Gasteiger partial charge in [0, 0.05) is 49.6 Å². The highest BCUT2D eigenvalue weighted by molar-refractivity contribution is 5.67. The molecule has 1 aliphatic rings. The second-order valence-electron chi connectivity index (χ2n) is 6.95. The average Bonchev–Trinajstić information content (AvgIpc) is 2.75. The van der Waals surface area contributed by atoms with E-state index in [0.29, 0.717) is 5.95 Å². The Labute approximate surface area is 165 Å². The minimum Gasteiger partial charge on any atom is -0.497 e. The van der Waals surface area contributed by atoms with Crippen LogP contribution in [0.2, 0.25) is 0 Å². The fourth-order valence-corrected chi connectivity index (χ4v) is 3.27. The van der Waals surface area contributed by atoms with Gasteiger partial charge in [0.1, 0.15) is 11.6 Å². The molecule has 0 aliphatic carbocycles. The predicted octanol–water partition coefficient (Wildman–Crippen LogP) is 3.65. The third kappa shape index (κ3) is 4.23. The summed E-state index contributed by atoms with van der Waals surface area (Å²) in [5, 5.41) is 3.34. The van der Waals surface area contributed by atoms with E-state index in [1.54, 1.807) is 7.11 Å². The molecule has 0 amide bonds. The van der Waals surface area contributed by atoms with Crippen molar-refractivity contribution in [1.29, 1.82) is 0 Å². The molecule has 3 aromatic rings. The van der Waals surface area contributed by atoms with Gasteiger partial charge in [0.2, 0.25) is 5.95 Å². The van der Waals surface area contributed by atoms with Crippen molar-refractivity contribution >= 4 is 17.5 Å². The molecule has 0 spiro atoms. The molecule has 2 heterocycles. The average molecular weight is 375 g/mol. The van der Waals surface area contributed by atoms with E-state index in [1.165, 1.54) is 0 Å². The van der Waals surface area contributed by atoms with Gasteiger partial charge in [-0.3, -0.25) is 0 Å². The van der Waals surface area contributed by atoms with E-state index in [9.17, 15) is 0 Å². The first-order valence-corrected chi connectivity index (χ1v) is 9.50. The van der Waals surface area contributed by atoms with Gasteiger partial charge in [-0.05, 0) is 19.2 Å². The Morgan fingerprint density at radius 2 is 1.68 bits per heavy atom. The fourth-order valence-electron chi connectivity index (χ4n) is 3.27. The molecule has 6 nitrogen and oxygen atoms in total. The summed E-state index contributed by atoms with van der Waals surface area (Å²) >= 11 is 0. The third-order valence-corrected chi connectivity index (χ3v) is 4.94. The Hall–Kier alpha value is -3.12. The van der Waals surface area contributed by atoms with Crippen molar-refractivity contribution in [3.05, 3.63) is 60.7 Å². The van der Waals surface area contributed by atoms with Crippen LogP contribution < -0.4 is 15.0 Å².